The van der Waals surface area contributed by atoms with Crippen molar-refractivity contribution in [3.8, 4) is 5.75 Å². The van der Waals surface area contributed by atoms with Crippen molar-refractivity contribution in [1.82, 2.24) is 9.88 Å². The maximum atomic E-state index is 13.0. The first kappa shape index (κ1) is 16.4. The molecular weight excluding hydrogens is 311 g/mol. The number of carboxylic acid groups (broad SMARTS) is 1. The molecule has 1 aliphatic rings. The highest BCUT2D eigenvalue weighted by molar-refractivity contribution is 5.88. The fraction of sp³-hybridized carbons (Fsp3) is 0.333. The number of nitrogens with zero attached hydrogens (tertiary/aromatic N) is 2. The summed E-state index contributed by atoms with van der Waals surface area (Å²) in [7, 11) is 0. The molecule has 1 atom stereocenters. The Morgan fingerprint density at radius 3 is 2.88 bits per heavy atom. The summed E-state index contributed by atoms with van der Waals surface area (Å²) < 4.78 is 18.9. The summed E-state index contributed by atoms with van der Waals surface area (Å²) in [6, 6.07) is 9.20. The van der Waals surface area contributed by atoms with E-state index < -0.39 is 5.97 Å². The Balaban J connectivity index is 1.63. The second kappa shape index (κ2) is 7.40. The van der Waals surface area contributed by atoms with Gasteiger partial charge >= 0.3 is 5.97 Å². The molecule has 1 saturated heterocycles. The number of hydrogen-bond acceptors (Lipinski definition) is 4. The summed E-state index contributed by atoms with van der Waals surface area (Å²) in [6.45, 7) is 2.04. The molecule has 6 heteroatoms. The number of ether oxygens (including phenoxy) is 1. The number of piperidine rings is 1. The maximum Gasteiger partial charge on any atom is 0.337 e. The number of aromatic nitrogens is 1. The fourth-order valence-corrected chi connectivity index (χ4v) is 2.93. The highest BCUT2D eigenvalue weighted by Crippen LogP contribution is 2.20. The van der Waals surface area contributed by atoms with Gasteiger partial charge in [-0.15, -0.1) is 0 Å². The average Bonchev–Trinajstić information content (AvgIpc) is 2.58. The van der Waals surface area contributed by atoms with E-state index in [-0.39, 0.29) is 17.5 Å². The minimum Gasteiger partial charge on any atom is -0.489 e. The van der Waals surface area contributed by atoms with Crippen molar-refractivity contribution in [2.45, 2.75) is 25.5 Å². The second-order valence-electron chi connectivity index (χ2n) is 5.87. The fourth-order valence-electron chi connectivity index (χ4n) is 2.93. The number of hydrogen-bond donors (Lipinski definition) is 1. The van der Waals surface area contributed by atoms with Gasteiger partial charge < -0.3 is 9.84 Å². The number of carbonyl (C=O) groups is 1. The van der Waals surface area contributed by atoms with E-state index in [0.29, 0.717) is 24.5 Å². The van der Waals surface area contributed by atoms with E-state index in [9.17, 15) is 14.3 Å². The van der Waals surface area contributed by atoms with Crippen LogP contribution in [0.1, 0.15) is 28.9 Å². The Labute approximate surface area is 139 Å². The van der Waals surface area contributed by atoms with E-state index in [2.05, 4.69) is 9.88 Å². The Morgan fingerprint density at radius 2 is 2.12 bits per heavy atom. The zero-order valence-electron chi connectivity index (χ0n) is 13.2. The minimum absolute atomic E-state index is 0.00111. The Hall–Kier alpha value is -2.47. The van der Waals surface area contributed by atoms with E-state index >= 15 is 0 Å². The Bertz CT molecular complexity index is 706. The Morgan fingerprint density at radius 1 is 1.33 bits per heavy atom. The van der Waals surface area contributed by atoms with Crippen LogP contribution in [0.2, 0.25) is 0 Å². The molecule has 1 aromatic carbocycles. The number of benzene rings is 1. The standard InChI is InChI=1S/C18H19FN2O3/c19-13-5-7-14(8-6-13)24-15-3-2-10-21(11-15)12-17-16(18(22)23)4-1-9-20-17/h1,4-9,15H,2-3,10-12H2,(H,22,23)/t15-/m0/s1. The molecule has 0 saturated carbocycles. The number of aromatic carboxylic acids is 1. The van der Waals surface area contributed by atoms with E-state index in [1.807, 2.05) is 0 Å². The SMILES string of the molecule is O=C(O)c1cccnc1CN1CCC[C@H](Oc2ccc(F)cc2)C1. The second-order valence-corrected chi connectivity index (χ2v) is 5.87. The normalized spacial score (nSPS) is 18.3. The summed E-state index contributed by atoms with van der Waals surface area (Å²) in [4.78, 5) is 17.6. The third-order valence-electron chi connectivity index (χ3n) is 4.07. The van der Waals surface area contributed by atoms with Crippen LogP contribution < -0.4 is 4.74 Å². The van der Waals surface area contributed by atoms with Gasteiger partial charge in [-0.1, -0.05) is 0 Å². The van der Waals surface area contributed by atoms with Gasteiger partial charge in [-0.05, 0) is 55.8 Å². The van der Waals surface area contributed by atoms with Gasteiger partial charge in [-0.25, -0.2) is 9.18 Å². The molecule has 1 N–H and O–H groups in total. The van der Waals surface area contributed by atoms with Crippen molar-refractivity contribution in [1.29, 1.82) is 0 Å². The van der Waals surface area contributed by atoms with Crippen LogP contribution in [0.15, 0.2) is 42.6 Å². The molecule has 126 valence electrons. The first-order valence-corrected chi connectivity index (χ1v) is 7.93. The lowest BCUT2D eigenvalue weighted by Crippen LogP contribution is -2.41. The number of halogens is 1. The van der Waals surface area contributed by atoms with Crippen LogP contribution in [0, 0.1) is 5.82 Å². The molecule has 1 aromatic heterocycles. The molecule has 0 bridgehead atoms. The Kier molecular flexibility index (Phi) is 5.05. The van der Waals surface area contributed by atoms with Crippen molar-refractivity contribution in [3.05, 3.63) is 59.7 Å². The van der Waals surface area contributed by atoms with Gasteiger partial charge in [0.1, 0.15) is 17.7 Å². The molecule has 0 aliphatic carbocycles. The number of carboxylic acids is 1. The van der Waals surface area contributed by atoms with Crippen LogP contribution in [0.3, 0.4) is 0 Å². The molecular formula is C18H19FN2O3. The smallest absolute Gasteiger partial charge is 0.337 e. The summed E-state index contributed by atoms with van der Waals surface area (Å²) in [5.41, 5.74) is 0.798. The molecule has 2 heterocycles. The molecule has 1 aliphatic heterocycles. The summed E-state index contributed by atoms with van der Waals surface area (Å²) in [5.74, 6) is -0.606. The minimum atomic E-state index is -0.964. The maximum absolute atomic E-state index is 13.0. The predicted molar refractivity (Wildman–Crippen MR) is 86.5 cm³/mol. The zero-order chi connectivity index (χ0) is 16.9. The topological polar surface area (TPSA) is 62.7 Å². The van der Waals surface area contributed by atoms with Crippen molar-refractivity contribution in [3.63, 3.8) is 0 Å². The van der Waals surface area contributed by atoms with Gasteiger partial charge in [0, 0.05) is 19.3 Å². The highest BCUT2D eigenvalue weighted by atomic mass is 19.1. The van der Waals surface area contributed by atoms with Crippen LogP contribution >= 0.6 is 0 Å². The lowest BCUT2D eigenvalue weighted by Gasteiger charge is -2.32. The van der Waals surface area contributed by atoms with Crippen molar-refractivity contribution in [2.75, 3.05) is 13.1 Å². The van der Waals surface area contributed by atoms with Crippen LogP contribution in [-0.4, -0.2) is 40.2 Å². The first-order chi connectivity index (χ1) is 11.6. The van der Waals surface area contributed by atoms with Crippen molar-refractivity contribution >= 4 is 5.97 Å². The molecule has 24 heavy (non-hydrogen) atoms. The number of pyridine rings is 1. The predicted octanol–water partition coefficient (Wildman–Crippen LogP) is 2.96. The largest absolute Gasteiger partial charge is 0.489 e. The van der Waals surface area contributed by atoms with E-state index in [1.54, 1.807) is 30.5 Å². The van der Waals surface area contributed by atoms with Gasteiger partial charge in [-0.3, -0.25) is 9.88 Å². The highest BCUT2D eigenvalue weighted by Gasteiger charge is 2.23. The van der Waals surface area contributed by atoms with Crippen LogP contribution in [0.5, 0.6) is 5.75 Å². The molecule has 5 nitrogen and oxygen atoms in total. The van der Waals surface area contributed by atoms with Gasteiger partial charge in [0.2, 0.25) is 0 Å². The lowest BCUT2D eigenvalue weighted by molar-refractivity contribution is 0.0686. The van der Waals surface area contributed by atoms with E-state index in [1.165, 1.54) is 12.1 Å². The molecule has 0 amide bonds. The summed E-state index contributed by atoms with van der Waals surface area (Å²) in [6.07, 6.45) is 3.49. The number of rotatable bonds is 5. The monoisotopic (exact) mass is 330 g/mol. The number of likely N-dealkylation sites (tertiary alicyclic amines) is 1. The zero-order valence-corrected chi connectivity index (χ0v) is 13.2. The van der Waals surface area contributed by atoms with Crippen LogP contribution in [0.4, 0.5) is 4.39 Å². The molecule has 0 unspecified atom stereocenters. The van der Waals surface area contributed by atoms with Gasteiger partial charge in [-0.2, -0.15) is 0 Å². The average molecular weight is 330 g/mol. The summed E-state index contributed by atoms with van der Waals surface area (Å²) in [5, 5.41) is 9.25. The summed E-state index contributed by atoms with van der Waals surface area (Å²) >= 11 is 0. The van der Waals surface area contributed by atoms with E-state index in [0.717, 1.165) is 19.4 Å². The van der Waals surface area contributed by atoms with Crippen LogP contribution in [-0.2, 0) is 6.54 Å². The van der Waals surface area contributed by atoms with Gasteiger partial charge in [0.25, 0.3) is 0 Å². The van der Waals surface area contributed by atoms with E-state index in [4.69, 9.17) is 4.74 Å². The molecule has 0 spiro atoms. The molecule has 2 aromatic rings. The molecule has 3 rings (SSSR count). The molecule has 1 fully saturated rings. The van der Waals surface area contributed by atoms with Gasteiger partial charge in [0.15, 0.2) is 0 Å². The lowest BCUT2D eigenvalue weighted by atomic mass is 10.1. The van der Waals surface area contributed by atoms with Crippen LogP contribution in [0.25, 0.3) is 0 Å². The van der Waals surface area contributed by atoms with Crippen molar-refractivity contribution < 1.29 is 19.0 Å². The van der Waals surface area contributed by atoms with Crippen molar-refractivity contribution in [2.24, 2.45) is 0 Å². The van der Waals surface area contributed by atoms with Gasteiger partial charge in [0.05, 0.1) is 11.3 Å². The quantitative estimate of drug-likeness (QED) is 0.913. The third-order valence-corrected chi connectivity index (χ3v) is 4.07. The first-order valence-electron chi connectivity index (χ1n) is 7.93. The third kappa shape index (κ3) is 4.08. The molecule has 0 radical (unpaired) electrons.